The van der Waals surface area contributed by atoms with Gasteiger partial charge in [-0.25, -0.2) is 8.78 Å². The molecule has 0 aromatic rings. The van der Waals surface area contributed by atoms with Gasteiger partial charge in [-0.05, 0) is 38.0 Å². The normalized spacial score (nSPS) is 30.5. The van der Waals surface area contributed by atoms with Crippen molar-refractivity contribution >= 4 is 5.97 Å². The molecule has 3 aliphatic rings. The summed E-state index contributed by atoms with van der Waals surface area (Å²) < 4.78 is 33.6. The van der Waals surface area contributed by atoms with E-state index in [1.54, 1.807) is 6.08 Å². The molecule has 0 aromatic carbocycles. The lowest BCUT2D eigenvalue weighted by molar-refractivity contribution is -0.358. The first-order valence-electron chi connectivity index (χ1n) is 10.1. The number of halogens is 2. The minimum atomic E-state index is -2.77. The highest BCUT2D eigenvalue weighted by molar-refractivity contribution is 5.66. The van der Waals surface area contributed by atoms with E-state index in [1.165, 1.54) is 0 Å². The number of carboxylic acid groups (broad SMARTS) is 1. The van der Waals surface area contributed by atoms with Gasteiger partial charge in [-0.3, -0.25) is 4.79 Å². The van der Waals surface area contributed by atoms with Gasteiger partial charge in [-0.2, -0.15) is 0 Å². The third kappa shape index (κ3) is 6.11. The van der Waals surface area contributed by atoms with Crippen LogP contribution in [0.2, 0.25) is 0 Å². The number of ether oxygens (including phenoxy) is 1. The SMILES string of the molecule is CCCCCC(O)C=CC1CC2OC(C1CC=CCCCC(=O)O)C2(F)F. The molecule has 3 rings (SSSR count). The van der Waals surface area contributed by atoms with Crippen LogP contribution in [0.3, 0.4) is 0 Å². The summed E-state index contributed by atoms with van der Waals surface area (Å²) in [6, 6.07) is 0. The first-order chi connectivity index (χ1) is 12.9. The molecule has 0 amide bonds. The molecule has 6 heteroatoms. The fourth-order valence-corrected chi connectivity index (χ4v) is 3.95. The lowest BCUT2D eigenvalue weighted by Gasteiger charge is -2.55. The topological polar surface area (TPSA) is 66.8 Å². The van der Waals surface area contributed by atoms with Crippen LogP contribution in [-0.4, -0.2) is 40.4 Å². The Balaban J connectivity index is 1.88. The van der Waals surface area contributed by atoms with Gasteiger partial charge in [0.05, 0.1) is 6.10 Å². The molecule has 2 N–H and O–H groups in total. The Morgan fingerprint density at radius 1 is 1.30 bits per heavy atom. The molecule has 154 valence electrons. The minimum absolute atomic E-state index is 0.0298. The number of fused-ring (bicyclic) bond motifs is 2. The number of hydrogen-bond donors (Lipinski definition) is 2. The van der Waals surface area contributed by atoms with Gasteiger partial charge in [0.2, 0.25) is 0 Å². The highest BCUT2D eigenvalue weighted by atomic mass is 19.3. The third-order valence-corrected chi connectivity index (χ3v) is 5.56. The van der Waals surface area contributed by atoms with Crippen LogP contribution in [0.15, 0.2) is 24.3 Å². The van der Waals surface area contributed by atoms with Gasteiger partial charge in [-0.15, -0.1) is 0 Å². The number of aliphatic hydroxyl groups excluding tert-OH is 1. The Morgan fingerprint density at radius 3 is 2.74 bits per heavy atom. The number of rotatable bonds is 12. The van der Waals surface area contributed by atoms with Crippen molar-refractivity contribution in [3.05, 3.63) is 24.3 Å². The Labute approximate surface area is 160 Å². The van der Waals surface area contributed by atoms with Crippen molar-refractivity contribution in [2.24, 2.45) is 11.8 Å². The second-order valence-corrected chi connectivity index (χ2v) is 7.72. The number of alkyl halides is 2. The number of carbonyl (C=O) groups is 1. The van der Waals surface area contributed by atoms with Crippen LogP contribution >= 0.6 is 0 Å². The maximum atomic E-state index is 14.1. The molecule has 2 heterocycles. The fraction of sp³-hybridized carbons (Fsp3) is 0.762. The monoisotopic (exact) mass is 386 g/mol. The summed E-state index contributed by atoms with van der Waals surface area (Å²) in [7, 11) is 0. The molecule has 3 fully saturated rings. The Morgan fingerprint density at radius 2 is 2.07 bits per heavy atom. The van der Waals surface area contributed by atoms with E-state index in [1.807, 2.05) is 18.2 Å². The highest BCUT2D eigenvalue weighted by Crippen LogP contribution is 2.53. The summed E-state index contributed by atoms with van der Waals surface area (Å²) >= 11 is 0. The second kappa shape index (κ2) is 10.3. The smallest absolute Gasteiger partial charge is 0.303 e. The highest BCUT2D eigenvalue weighted by Gasteiger charge is 2.66. The zero-order valence-electron chi connectivity index (χ0n) is 16.0. The molecule has 0 aromatic heterocycles. The van der Waals surface area contributed by atoms with Crippen LogP contribution in [0.1, 0.15) is 64.7 Å². The summed E-state index contributed by atoms with van der Waals surface area (Å²) in [4.78, 5) is 10.5. The molecule has 2 bridgehead atoms. The summed E-state index contributed by atoms with van der Waals surface area (Å²) in [6.45, 7) is 2.11. The van der Waals surface area contributed by atoms with Gasteiger partial charge in [0.15, 0.2) is 0 Å². The van der Waals surface area contributed by atoms with Crippen molar-refractivity contribution in [2.75, 3.05) is 0 Å². The molecular weight excluding hydrogens is 354 g/mol. The van der Waals surface area contributed by atoms with Crippen LogP contribution < -0.4 is 0 Å². The van der Waals surface area contributed by atoms with E-state index in [0.29, 0.717) is 25.7 Å². The number of unbranched alkanes of at least 4 members (excludes halogenated alkanes) is 3. The van der Waals surface area contributed by atoms with Crippen LogP contribution in [0.5, 0.6) is 0 Å². The van der Waals surface area contributed by atoms with Gasteiger partial charge in [-0.1, -0.05) is 50.5 Å². The molecule has 4 nitrogen and oxygen atoms in total. The standard InChI is InChI=1S/C21H32F2O4/c1-2-3-6-9-16(24)13-12-15-14-18-21(22,23)20(27-18)17(15)10-7-4-5-8-11-19(25)26/h4,7,12-13,15-18,20,24H,2-3,5-6,8-11,14H2,1H3,(H,25,26). The van der Waals surface area contributed by atoms with Gasteiger partial charge in [0, 0.05) is 12.3 Å². The maximum absolute atomic E-state index is 14.1. The number of carboxylic acids is 1. The van der Waals surface area contributed by atoms with Crippen LogP contribution in [-0.2, 0) is 9.53 Å². The largest absolute Gasteiger partial charge is 0.481 e. The minimum Gasteiger partial charge on any atom is -0.481 e. The van der Waals surface area contributed by atoms with Gasteiger partial charge >= 0.3 is 5.97 Å². The van der Waals surface area contributed by atoms with Crippen molar-refractivity contribution in [2.45, 2.75) is 88.9 Å². The van der Waals surface area contributed by atoms with Gasteiger partial charge in [0.1, 0.15) is 12.2 Å². The number of aliphatic carboxylic acids is 1. The second-order valence-electron chi connectivity index (χ2n) is 7.72. The predicted octanol–water partition coefficient (Wildman–Crippen LogP) is 4.72. The average Bonchev–Trinajstić information content (AvgIpc) is 2.62. The van der Waals surface area contributed by atoms with Crippen molar-refractivity contribution in [3.8, 4) is 0 Å². The summed E-state index contributed by atoms with van der Waals surface area (Å²) in [5.74, 6) is -3.95. The summed E-state index contributed by atoms with van der Waals surface area (Å²) in [6.07, 6.45) is 10.7. The van der Waals surface area contributed by atoms with Gasteiger partial charge in [0.25, 0.3) is 5.92 Å². The van der Waals surface area contributed by atoms with E-state index in [0.717, 1.165) is 19.3 Å². The number of aliphatic hydroxyl groups is 1. The van der Waals surface area contributed by atoms with Crippen LogP contribution in [0, 0.1) is 11.8 Å². The van der Waals surface area contributed by atoms with Gasteiger partial charge < -0.3 is 14.9 Å². The maximum Gasteiger partial charge on any atom is 0.303 e. The lowest BCUT2D eigenvalue weighted by atomic mass is 9.68. The number of allylic oxidation sites excluding steroid dienone is 3. The predicted molar refractivity (Wildman–Crippen MR) is 99.7 cm³/mol. The van der Waals surface area contributed by atoms with Crippen molar-refractivity contribution in [1.29, 1.82) is 0 Å². The van der Waals surface area contributed by atoms with E-state index in [2.05, 4.69) is 6.92 Å². The molecule has 5 unspecified atom stereocenters. The molecular formula is C21H32F2O4. The number of hydrogen-bond acceptors (Lipinski definition) is 3. The Bertz CT molecular complexity index is 532. The Kier molecular flexibility index (Phi) is 8.42. The molecule has 1 saturated carbocycles. The van der Waals surface area contributed by atoms with E-state index in [4.69, 9.17) is 9.84 Å². The Hall–Kier alpha value is -1.27. The molecule has 1 aliphatic carbocycles. The van der Waals surface area contributed by atoms with Crippen molar-refractivity contribution < 1.29 is 28.5 Å². The lowest BCUT2D eigenvalue weighted by Crippen LogP contribution is -2.68. The van der Waals surface area contributed by atoms with Crippen LogP contribution in [0.25, 0.3) is 0 Å². The van der Waals surface area contributed by atoms with Crippen LogP contribution in [0.4, 0.5) is 8.78 Å². The van der Waals surface area contributed by atoms with E-state index in [-0.39, 0.29) is 24.7 Å². The van der Waals surface area contributed by atoms with E-state index in [9.17, 15) is 18.7 Å². The molecule has 0 spiro atoms. The van der Waals surface area contributed by atoms with Crippen molar-refractivity contribution in [3.63, 3.8) is 0 Å². The zero-order valence-corrected chi connectivity index (χ0v) is 16.0. The van der Waals surface area contributed by atoms with Crippen molar-refractivity contribution in [1.82, 2.24) is 0 Å². The first kappa shape index (κ1) is 22.0. The first-order valence-corrected chi connectivity index (χ1v) is 10.1. The zero-order chi connectivity index (χ0) is 19.9. The summed E-state index contributed by atoms with van der Waals surface area (Å²) in [5.41, 5.74) is 0. The van der Waals surface area contributed by atoms with E-state index >= 15 is 0 Å². The summed E-state index contributed by atoms with van der Waals surface area (Å²) in [5, 5.41) is 18.7. The molecule has 5 atom stereocenters. The molecule has 27 heavy (non-hydrogen) atoms. The average molecular weight is 386 g/mol. The third-order valence-electron chi connectivity index (χ3n) is 5.56. The van der Waals surface area contributed by atoms with E-state index < -0.39 is 30.2 Å². The quantitative estimate of drug-likeness (QED) is 0.376. The molecule has 2 saturated heterocycles. The molecule has 0 radical (unpaired) electrons. The fourth-order valence-electron chi connectivity index (χ4n) is 3.95. The molecule has 2 aliphatic heterocycles.